The second-order valence-electron chi connectivity index (χ2n) is 6.62. The standard InChI is InChI=1S/C22H22N2O2/c25-21(24-14-6-11-17-8-4-5-12-19(17)24)16-23-22(20-13-7-15-26-20)18-9-2-1-3-10-18/h1-5,7-10,12-13,15,22-23H,6,11,14,16H2/p+1/t22-/m0/s1. The number of amides is 1. The van der Waals surface area contributed by atoms with E-state index in [2.05, 4.69) is 23.5 Å². The smallest absolute Gasteiger partial charge is 0.282 e. The summed E-state index contributed by atoms with van der Waals surface area (Å²) in [4.78, 5) is 14.9. The van der Waals surface area contributed by atoms with Crippen molar-refractivity contribution in [3.05, 3.63) is 89.9 Å². The molecular weight excluding hydrogens is 324 g/mol. The highest BCUT2D eigenvalue weighted by Crippen LogP contribution is 2.26. The first-order valence-corrected chi connectivity index (χ1v) is 9.13. The predicted molar refractivity (Wildman–Crippen MR) is 101 cm³/mol. The van der Waals surface area contributed by atoms with Gasteiger partial charge in [-0.25, -0.2) is 0 Å². The topological polar surface area (TPSA) is 50.1 Å². The molecule has 4 nitrogen and oxygen atoms in total. The van der Waals surface area contributed by atoms with Gasteiger partial charge in [0, 0.05) is 17.8 Å². The van der Waals surface area contributed by atoms with Gasteiger partial charge in [0.1, 0.15) is 0 Å². The second-order valence-corrected chi connectivity index (χ2v) is 6.62. The van der Waals surface area contributed by atoms with Crippen LogP contribution in [-0.2, 0) is 11.2 Å². The van der Waals surface area contributed by atoms with Gasteiger partial charge in [-0.2, -0.15) is 0 Å². The average Bonchev–Trinajstić information content (AvgIpc) is 3.23. The average molecular weight is 347 g/mol. The van der Waals surface area contributed by atoms with E-state index < -0.39 is 0 Å². The van der Waals surface area contributed by atoms with E-state index in [0.717, 1.165) is 36.4 Å². The first-order valence-electron chi connectivity index (χ1n) is 9.13. The molecule has 1 aliphatic rings. The Hall–Kier alpha value is -2.85. The van der Waals surface area contributed by atoms with Crippen molar-refractivity contribution in [3.8, 4) is 0 Å². The zero-order valence-corrected chi connectivity index (χ0v) is 14.7. The lowest BCUT2D eigenvalue weighted by Crippen LogP contribution is -2.87. The number of furan rings is 1. The van der Waals surface area contributed by atoms with Crippen molar-refractivity contribution in [1.82, 2.24) is 0 Å². The molecular formula is C22H23N2O2+. The number of nitrogens with two attached hydrogens (primary N) is 1. The summed E-state index contributed by atoms with van der Waals surface area (Å²) in [6, 6.07) is 22.2. The third-order valence-corrected chi connectivity index (χ3v) is 4.95. The van der Waals surface area contributed by atoms with Crippen LogP contribution in [0.1, 0.15) is 29.3 Å². The Morgan fingerprint density at radius 2 is 1.85 bits per heavy atom. The minimum Gasteiger partial charge on any atom is -0.463 e. The molecule has 0 bridgehead atoms. The zero-order valence-electron chi connectivity index (χ0n) is 14.7. The van der Waals surface area contributed by atoms with Crippen molar-refractivity contribution < 1.29 is 14.5 Å². The molecule has 0 saturated carbocycles. The van der Waals surface area contributed by atoms with Crippen molar-refractivity contribution in [2.75, 3.05) is 18.0 Å². The Morgan fingerprint density at radius 3 is 2.65 bits per heavy atom. The molecule has 3 aromatic rings. The van der Waals surface area contributed by atoms with Crippen LogP contribution in [0.3, 0.4) is 0 Å². The first kappa shape index (κ1) is 16.6. The molecule has 26 heavy (non-hydrogen) atoms. The number of anilines is 1. The maximum absolute atomic E-state index is 12.9. The molecule has 1 amide bonds. The lowest BCUT2D eigenvalue weighted by Gasteiger charge is -2.29. The van der Waals surface area contributed by atoms with Crippen LogP contribution in [0.25, 0.3) is 0 Å². The van der Waals surface area contributed by atoms with Gasteiger partial charge < -0.3 is 14.6 Å². The number of quaternary nitrogens is 1. The molecule has 1 aliphatic heterocycles. The third-order valence-electron chi connectivity index (χ3n) is 4.95. The highest BCUT2D eigenvalue weighted by atomic mass is 16.3. The fourth-order valence-electron chi connectivity index (χ4n) is 3.67. The Labute approximate surface area is 153 Å². The van der Waals surface area contributed by atoms with Crippen LogP contribution >= 0.6 is 0 Å². The summed E-state index contributed by atoms with van der Waals surface area (Å²) in [5.41, 5.74) is 3.46. The predicted octanol–water partition coefficient (Wildman–Crippen LogP) is 2.91. The van der Waals surface area contributed by atoms with Gasteiger partial charge in [0.05, 0.1) is 6.26 Å². The highest BCUT2D eigenvalue weighted by Gasteiger charge is 2.26. The van der Waals surface area contributed by atoms with Gasteiger partial charge >= 0.3 is 0 Å². The molecule has 0 fully saturated rings. The summed E-state index contributed by atoms with van der Waals surface area (Å²) >= 11 is 0. The molecule has 1 aromatic heterocycles. The molecule has 0 aliphatic carbocycles. The molecule has 4 heteroatoms. The SMILES string of the molecule is O=C(C[NH2+][C@@H](c1ccccc1)c1ccco1)N1CCCc2ccccc21. The summed E-state index contributed by atoms with van der Waals surface area (Å²) in [5.74, 6) is 1.01. The zero-order chi connectivity index (χ0) is 17.8. The van der Waals surface area contributed by atoms with Crippen LogP contribution in [0.2, 0.25) is 0 Å². The van der Waals surface area contributed by atoms with Gasteiger partial charge in [0.2, 0.25) is 0 Å². The van der Waals surface area contributed by atoms with E-state index in [1.807, 2.05) is 53.4 Å². The molecule has 132 valence electrons. The Balaban J connectivity index is 1.51. The summed E-state index contributed by atoms with van der Waals surface area (Å²) in [6.45, 7) is 1.18. The molecule has 0 spiro atoms. The lowest BCUT2D eigenvalue weighted by molar-refractivity contribution is -0.678. The van der Waals surface area contributed by atoms with E-state index >= 15 is 0 Å². The molecule has 2 heterocycles. The second kappa shape index (κ2) is 7.58. The number of carbonyl (C=O) groups is 1. The molecule has 1 atom stereocenters. The largest absolute Gasteiger partial charge is 0.463 e. The Bertz CT molecular complexity index is 859. The summed E-state index contributed by atoms with van der Waals surface area (Å²) < 4.78 is 5.63. The molecule has 2 N–H and O–H groups in total. The number of carbonyl (C=O) groups excluding carboxylic acids is 1. The van der Waals surface area contributed by atoms with E-state index in [1.54, 1.807) is 6.26 Å². The van der Waals surface area contributed by atoms with E-state index in [-0.39, 0.29) is 11.9 Å². The monoisotopic (exact) mass is 347 g/mol. The van der Waals surface area contributed by atoms with Crippen LogP contribution in [-0.4, -0.2) is 19.0 Å². The minimum atomic E-state index is -0.0183. The van der Waals surface area contributed by atoms with Crippen LogP contribution in [0, 0.1) is 0 Å². The van der Waals surface area contributed by atoms with Gasteiger partial charge in [0.15, 0.2) is 18.3 Å². The van der Waals surface area contributed by atoms with Crippen molar-refractivity contribution in [2.24, 2.45) is 0 Å². The van der Waals surface area contributed by atoms with Crippen LogP contribution in [0.15, 0.2) is 77.4 Å². The van der Waals surface area contributed by atoms with E-state index in [9.17, 15) is 4.79 Å². The number of hydrogen-bond acceptors (Lipinski definition) is 2. The van der Waals surface area contributed by atoms with Crippen molar-refractivity contribution >= 4 is 11.6 Å². The number of nitrogens with zero attached hydrogens (tertiary/aromatic N) is 1. The fourth-order valence-corrected chi connectivity index (χ4v) is 3.67. The quantitative estimate of drug-likeness (QED) is 0.771. The van der Waals surface area contributed by atoms with Crippen molar-refractivity contribution in [1.29, 1.82) is 0 Å². The van der Waals surface area contributed by atoms with Crippen LogP contribution in [0.5, 0.6) is 0 Å². The van der Waals surface area contributed by atoms with Gasteiger partial charge in [-0.15, -0.1) is 0 Å². The maximum Gasteiger partial charge on any atom is 0.282 e. The highest BCUT2D eigenvalue weighted by molar-refractivity contribution is 5.95. The van der Waals surface area contributed by atoms with Crippen LogP contribution < -0.4 is 10.2 Å². The summed E-state index contributed by atoms with van der Waals surface area (Å²) in [7, 11) is 0. The number of fused-ring (bicyclic) bond motifs is 1. The molecule has 0 saturated heterocycles. The Kier molecular flexibility index (Phi) is 4.84. The fraction of sp³-hybridized carbons (Fsp3) is 0.227. The number of rotatable bonds is 5. The summed E-state index contributed by atoms with van der Waals surface area (Å²) in [6.07, 6.45) is 3.74. The summed E-state index contributed by atoms with van der Waals surface area (Å²) in [5, 5.41) is 2.06. The third kappa shape index (κ3) is 3.41. The normalized spacial score (nSPS) is 14.7. The minimum absolute atomic E-state index is 0.0183. The van der Waals surface area contributed by atoms with E-state index in [1.165, 1.54) is 5.56 Å². The van der Waals surface area contributed by atoms with Gasteiger partial charge in [-0.3, -0.25) is 4.79 Å². The molecule has 0 unspecified atom stereocenters. The van der Waals surface area contributed by atoms with E-state index in [4.69, 9.17) is 4.42 Å². The Morgan fingerprint density at radius 1 is 1.04 bits per heavy atom. The number of para-hydroxylation sites is 1. The molecule has 0 radical (unpaired) electrons. The number of aryl methyl sites for hydroxylation is 1. The number of benzene rings is 2. The van der Waals surface area contributed by atoms with Gasteiger partial charge in [-0.05, 0) is 36.6 Å². The molecule has 2 aromatic carbocycles. The number of hydrogen-bond donors (Lipinski definition) is 1. The lowest BCUT2D eigenvalue weighted by atomic mass is 10.0. The van der Waals surface area contributed by atoms with Crippen LogP contribution in [0.4, 0.5) is 5.69 Å². The van der Waals surface area contributed by atoms with E-state index in [0.29, 0.717) is 6.54 Å². The van der Waals surface area contributed by atoms with Crippen molar-refractivity contribution in [3.63, 3.8) is 0 Å². The first-order chi connectivity index (χ1) is 12.8. The van der Waals surface area contributed by atoms with Crippen molar-refractivity contribution in [2.45, 2.75) is 18.9 Å². The maximum atomic E-state index is 12.9. The molecule has 4 rings (SSSR count). The van der Waals surface area contributed by atoms with Gasteiger partial charge in [0.25, 0.3) is 5.91 Å². The van der Waals surface area contributed by atoms with Gasteiger partial charge in [-0.1, -0.05) is 48.5 Å².